The molecule has 0 aliphatic carbocycles. The fourth-order valence-electron chi connectivity index (χ4n) is 2.15. The molecule has 0 atom stereocenters. The van der Waals surface area contributed by atoms with Gasteiger partial charge in [0.2, 0.25) is 0 Å². The Bertz CT molecular complexity index is 526. The number of aryl methyl sites for hydroxylation is 1. The van der Waals surface area contributed by atoms with Crippen molar-refractivity contribution in [1.82, 2.24) is 0 Å². The van der Waals surface area contributed by atoms with Crippen molar-refractivity contribution in [1.29, 1.82) is 0 Å². The van der Waals surface area contributed by atoms with E-state index >= 15 is 0 Å². The van der Waals surface area contributed by atoms with E-state index in [1.807, 2.05) is 43.3 Å². The average Bonchev–Trinajstić information content (AvgIpc) is 2.43. The molecule has 0 heterocycles. The zero-order valence-corrected chi connectivity index (χ0v) is 11.2. The highest BCUT2D eigenvalue weighted by Gasteiger charge is 2.11. The van der Waals surface area contributed by atoms with Gasteiger partial charge in [-0.3, -0.25) is 0 Å². The van der Waals surface area contributed by atoms with Crippen molar-refractivity contribution < 1.29 is 5.11 Å². The van der Waals surface area contributed by atoms with Crippen LogP contribution in [0.3, 0.4) is 0 Å². The van der Waals surface area contributed by atoms with Crippen LogP contribution in [0.25, 0.3) is 0 Å². The molecule has 0 saturated carbocycles. The minimum Gasteiger partial charge on any atom is -0.397 e. The maximum Gasteiger partial charge on any atom is 0.0606 e. The third-order valence-electron chi connectivity index (χ3n) is 3.23. The summed E-state index contributed by atoms with van der Waals surface area (Å²) in [5, 5.41) is 9.25. The Morgan fingerprint density at radius 2 is 1.79 bits per heavy atom. The van der Waals surface area contributed by atoms with Crippen LogP contribution in [0, 0.1) is 6.92 Å². The van der Waals surface area contributed by atoms with E-state index in [0.29, 0.717) is 6.54 Å². The lowest BCUT2D eigenvalue weighted by atomic mass is 10.1. The molecule has 0 radical (unpaired) electrons. The molecule has 0 bridgehead atoms. The van der Waals surface area contributed by atoms with E-state index in [0.717, 1.165) is 23.5 Å². The quantitative estimate of drug-likeness (QED) is 0.808. The minimum absolute atomic E-state index is 0.111. The number of anilines is 2. The number of nitrogens with two attached hydrogens (primary N) is 1. The third kappa shape index (κ3) is 3.26. The van der Waals surface area contributed by atoms with Crippen molar-refractivity contribution >= 4 is 11.4 Å². The molecular weight excluding hydrogens is 236 g/mol. The second-order valence-electron chi connectivity index (χ2n) is 4.64. The molecule has 2 aromatic rings. The summed E-state index contributed by atoms with van der Waals surface area (Å²) in [5.41, 5.74) is 10.2. The summed E-state index contributed by atoms with van der Waals surface area (Å²) < 4.78 is 0. The molecular formula is C16H20N2O. The summed E-state index contributed by atoms with van der Waals surface area (Å²) in [6, 6.07) is 16.2. The highest BCUT2D eigenvalue weighted by Crippen LogP contribution is 2.27. The van der Waals surface area contributed by atoms with Gasteiger partial charge in [0.15, 0.2) is 0 Å². The van der Waals surface area contributed by atoms with Crippen molar-refractivity contribution in [2.24, 2.45) is 0 Å². The molecule has 0 unspecified atom stereocenters. The largest absolute Gasteiger partial charge is 0.397 e. The van der Waals surface area contributed by atoms with Crippen LogP contribution in [0.15, 0.2) is 48.5 Å². The van der Waals surface area contributed by atoms with Crippen molar-refractivity contribution in [3.05, 3.63) is 59.7 Å². The molecule has 3 heteroatoms. The smallest absolute Gasteiger partial charge is 0.0606 e. The third-order valence-corrected chi connectivity index (χ3v) is 3.23. The van der Waals surface area contributed by atoms with Crippen LogP contribution in [-0.2, 0) is 6.54 Å². The molecule has 0 spiro atoms. The van der Waals surface area contributed by atoms with E-state index in [4.69, 9.17) is 5.73 Å². The van der Waals surface area contributed by atoms with Crippen molar-refractivity contribution in [2.75, 3.05) is 23.8 Å². The average molecular weight is 256 g/mol. The summed E-state index contributed by atoms with van der Waals surface area (Å²) in [4.78, 5) is 2.11. The lowest BCUT2D eigenvalue weighted by molar-refractivity contribution is 0.301. The molecule has 3 N–H and O–H groups in total. The van der Waals surface area contributed by atoms with E-state index in [2.05, 4.69) is 17.0 Å². The monoisotopic (exact) mass is 256 g/mol. The first kappa shape index (κ1) is 13.4. The van der Waals surface area contributed by atoms with Gasteiger partial charge >= 0.3 is 0 Å². The molecule has 0 aliphatic rings. The first-order chi connectivity index (χ1) is 9.22. The van der Waals surface area contributed by atoms with Crippen LogP contribution in [-0.4, -0.2) is 18.3 Å². The van der Waals surface area contributed by atoms with Crippen LogP contribution in [0.1, 0.15) is 11.1 Å². The molecule has 0 amide bonds. The number of hydrogen-bond acceptors (Lipinski definition) is 3. The topological polar surface area (TPSA) is 49.5 Å². The molecule has 0 fully saturated rings. The normalized spacial score (nSPS) is 10.4. The SMILES string of the molecule is Cc1cccc(N(CCO)Cc2ccccc2)c1N. The minimum atomic E-state index is 0.111. The van der Waals surface area contributed by atoms with E-state index in [9.17, 15) is 5.11 Å². The number of nitrogen functional groups attached to an aromatic ring is 1. The number of hydrogen-bond donors (Lipinski definition) is 2. The predicted octanol–water partition coefficient (Wildman–Crippen LogP) is 2.58. The second kappa shape index (κ2) is 6.25. The Morgan fingerprint density at radius 3 is 2.47 bits per heavy atom. The molecule has 3 nitrogen and oxygen atoms in total. The molecule has 2 aromatic carbocycles. The molecule has 0 aliphatic heterocycles. The summed E-state index contributed by atoms with van der Waals surface area (Å²) in [5.74, 6) is 0. The fourth-order valence-corrected chi connectivity index (χ4v) is 2.15. The predicted molar refractivity (Wildman–Crippen MR) is 80.2 cm³/mol. The number of para-hydroxylation sites is 1. The standard InChI is InChI=1S/C16H20N2O/c1-13-6-5-9-15(16(13)17)18(10-11-19)12-14-7-3-2-4-8-14/h2-9,19H,10-12,17H2,1H3. The zero-order valence-electron chi connectivity index (χ0n) is 11.2. The van der Waals surface area contributed by atoms with Gasteiger partial charge in [0.1, 0.15) is 0 Å². The lowest BCUT2D eigenvalue weighted by Crippen LogP contribution is -2.27. The highest BCUT2D eigenvalue weighted by atomic mass is 16.3. The molecule has 0 saturated heterocycles. The lowest BCUT2D eigenvalue weighted by Gasteiger charge is -2.26. The van der Waals surface area contributed by atoms with Gasteiger partial charge < -0.3 is 15.7 Å². The van der Waals surface area contributed by atoms with E-state index < -0.39 is 0 Å². The van der Waals surface area contributed by atoms with Crippen molar-refractivity contribution in [3.8, 4) is 0 Å². The highest BCUT2D eigenvalue weighted by molar-refractivity contribution is 5.71. The van der Waals surface area contributed by atoms with Crippen molar-refractivity contribution in [2.45, 2.75) is 13.5 Å². The molecule has 0 aromatic heterocycles. The first-order valence-electron chi connectivity index (χ1n) is 6.47. The van der Waals surface area contributed by atoms with Crippen molar-refractivity contribution in [3.63, 3.8) is 0 Å². The van der Waals surface area contributed by atoms with Crippen LogP contribution in [0.5, 0.6) is 0 Å². The zero-order chi connectivity index (χ0) is 13.7. The van der Waals surface area contributed by atoms with Gasteiger partial charge in [-0.25, -0.2) is 0 Å². The Balaban J connectivity index is 2.27. The number of aliphatic hydroxyl groups is 1. The second-order valence-corrected chi connectivity index (χ2v) is 4.64. The number of benzene rings is 2. The van der Waals surface area contributed by atoms with Crippen LogP contribution >= 0.6 is 0 Å². The van der Waals surface area contributed by atoms with Crippen LogP contribution in [0.2, 0.25) is 0 Å². The Hall–Kier alpha value is -2.00. The maximum atomic E-state index is 9.25. The van der Waals surface area contributed by atoms with Gasteiger partial charge in [-0.05, 0) is 24.1 Å². The summed E-state index contributed by atoms with van der Waals surface area (Å²) in [7, 11) is 0. The van der Waals surface area contributed by atoms with Gasteiger partial charge in [-0.1, -0.05) is 42.5 Å². The maximum absolute atomic E-state index is 9.25. The molecule has 100 valence electrons. The summed E-state index contributed by atoms with van der Waals surface area (Å²) >= 11 is 0. The van der Waals surface area contributed by atoms with E-state index in [-0.39, 0.29) is 6.61 Å². The van der Waals surface area contributed by atoms with Gasteiger partial charge in [0.05, 0.1) is 18.0 Å². The molecule has 2 rings (SSSR count). The number of nitrogens with zero attached hydrogens (tertiary/aromatic N) is 1. The van der Waals surface area contributed by atoms with Gasteiger partial charge in [-0.15, -0.1) is 0 Å². The van der Waals surface area contributed by atoms with E-state index in [1.165, 1.54) is 5.56 Å². The van der Waals surface area contributed by atoms with Gasteiger partial charge in [-0.2, -0.15) is 0 Å². The van der Waals surface area contributed by atoms with Crippen LogP contribution in [0.4, 0.5) is 11.4 Å². The summed E-state index contributed by atoms with van der Waals surface area (Å²) in [6.07, 6.45) is 0. The Morgan fingerprint density at radius 1 is 1.05 bits per heavy atom. The molecule has 19 heavy (non-hydrogen) atoms. The van der Waals surface area contributed by atoms with Gasteiger partial charge in [0, 0.05) is 13.1 Å². The Labute approximate surface area is 114 Å². The number of aliphatic hydroxyl groups excluding tert-OH is 1. The van der Waals surface area contributed by atoms with E-state index in [1.54, 1.807) is 0 Å². The van der Waals surface area contributed by atoms with Gasteiger partial charge in [0.25, 0.3) is 0 Å². The first-order valence-corrected chi connectivity index (χ1v) is 6.47. The Kier molecular flexibility index (Phi) is 4.42. The fraction of sp³-hybridized carbons (Fsp3) is 0.250. The van der Waals surface area contributed by atoms with Crippen LogP contribution < -0.4 is 10.6 Å². The number of rotatable bonds is 5. The summed E-state index contributed by atoms with van der Waals surface area (Å²) in [6.45, 7) is 3.43.